The van der Waals surface area contributed by atoms with E-state index in [9.17, 15) is 14.0 Å². The van der Waals surface area contributed by atoms with Crippen molar-refractivity contribution < 1.29 is 23.5 Å². The van der Waals surface area contributed by atoms with Gasteiger partial charge in [0.1, 0.15) is 12.4 Å². The van der Waals surface area contributed by atoms with Crippen LogP contribution in [0, 0.1) is 5.82 Å². The van der Waals surface area contributed by atoms with Gasteiger partial charge >= 0.3 is 0 Å². The molecule has 0 bridgehead atoms. The van der Waals surface area contributed by atoms with Crippen LogP contribution in [-0.2, 0) is 17.9 Å². The first-order valence-electron chi connectivity index (χ1n) is 10.2. The van der Waals surface area contributed by atoms with Crippen LogP contribution >= 0.6 is 50.9 Å². The van der Waals surface area contributed by atoms with Gasteiger partial charge in [0.05, 0.1) is 23.0 Å². The van der Waals surface area contributed by atoms with Crippen molar-refractivity contribution in [3.05, 3.63) is 96.5 Å². The number of thioether (sulfide) groups is 1. The fourth-order valence-electron chi connectivity index (χ4n) is 3.31. The van der Waals surface area contributed by atoms with Gasteiger partial charge in [-0.3, -0.25) is 14.5 Å². The molecule has 0 aromatic heterocycles. The van der Waals surface area contributed by atoms with Gasteiger partial charge in [0.15, 0.2) is 11.5 Å². The van der Waals surface area contributed by atoms with E-state index in [1.165, 1.54) is 19.2 Å². The zero-order valence-electron chi connectivity index (χ0n) is 18.2. The van der Waals surface area contributed by atoms with Crippen LogP contribution in [0.25, 0.3) is 6.08 Å². The molecule has 0 unspecified atom stereocenters. The van der Waals surface area contributed by atoms with Crippen LogP contribution in [0.5, 0.6) is 11.5 Å². The highest BCUT2D eigenvalue weighted by atomic mass is 79.9. The van der Waals surface area contributed by atoms with Crippen molar-refractivity contribution in [2.24, 2.45) is 0 Å². The van der Waals surface area contributed by atoms with E-state index in [0.717, 1.165) is 22.2 Å². The molecule has 2 amide bonds. The summed E-state index contributed by atoms with van der Waals surface area (Å²) < 4.78 is 25.2. The maximum Gasteiger partial charge on any atom is 0.293 e. The van der Waals surface area contributed by atoms with Crippen LogP contribution in [0.3, 0.4) is 0 Å². The Bertz CT molecular complexity index is 1330. The molecule has 0 spiro atoms. The van der Waals surface area contributed by atoms with Crippen LogP contribution in [0.2, 0.25) is 10.0 Å². The number of imide groups is 1. The maximum absolute atomic E-state index is 13.2. The van der Waals surface area contributed by atoms with Crippen LogP contribution in [0.4, 0.5) is 9.18 Å². The third kappa shape index (κ3) is 6.01. The highest BCUT2D eigenvalue weighted by Gasteiger charge is 2.35. The summed E-state index contributed by atoms with van der Waals surface area (Å²) in [4.78, 5) is 26.7. The van der Waals surface area contributed by atoms with Gasteiger partial charge in [0.2, 0.25) is 0 Å². The van der Waals surface area contributed by atoms with E-state index in [2.05, 4.69) is 15.9 Å². The Kier molecular flexibility index (Phi) is 8.06. The number of rotatable bonds is 7. The third-order valence-corrected chi connectivity index (χ3v) is 7.15. The predicted molar refractivity (Wildman–Crippen MR) is 139 cm³/mol. The molecular formula is C25H17BrCl2FNO4S. The zero-order valence-corrected chi connectivity index (χ0v) is 22.1. The standard InChI is InChI=1S/C25H17BrCl2FNO4S/c1-33-21-9-15(8-19(26)23(21)34-13-16-4-5-17(27)11-20(16)28)10-22-24(31)30(25(32)35-22)12-14-2-6-18(29)7-3-14/h2-11H,12-13H2,1H3/b22-10+. The average molecular weight is 597 g/mol. The second kappa shape index (κ2) is 11.0. The Morgan fingerprint density at radius 1 is 1.09 bits per heavy atom. The van der Waals surface area contributed by atoms with E-state index in [4.69, 9.17) is 32.7 Å². The first kappa shape index (κ1) is 25.6. The normalized spacial score (nSPS) is 14.7. The van der Waals surface area contributed by atoms with Crippen molar-refractivity contribution in [2.75, 3.05) is 7.11 Å². The molecule has 5 nitrogen and oxygen atoms in total. The Morgan fingerprint density at radius 2 is 1.83 bits per heavy atom. The van der Waals surface area contributed by atoms with Crippen molar-refractivity contribution in [1.82, 2.24) is 4.90 Å². The molecule has 0 radical (unpaired) electrons. The van der Waals surface area contributed by atoms with Gasteiger partial charge in [-0.15, -0.1) is 0 Å². The van der Waals surface area contributed by atoms with Gasteiger partial charge < -0.3 is 9.47 Å². The summed E-state index contributed by atoms with van der Waals surface area (Å²) >= 11 is 16.5. The van der Waals surface area contributed by atoms with E-state index in [1.807, 2.05) is 0 Å². The number of carbonyl (C=O) groups is 2. The van der Waals surface area contributed by atoms with Crippen molar-refractivity contribution >= 4 is 68.1 Å². The van der Waals surface area contributed by atoms with E-state index in [0.29, 0.717) is 37.1 Å². The predicted octanol–water partition coefficient (Wildman–Crippen LogP) is 7.72. The Labute approximate surface area is 223 Å². The third-order valence-electron chi connectivity index (χ3n) is 5.06. The van der Waals surface area contributed by atoms with Gasteiger partial charge in [-0.25, -0.2) is 4.39 Å². The van der Waals surface area contributed by atoms with Crippen LogP contribution < -0.4 is 9.47 Å². The summed E-state index contributed by atoms with van der Waals surface area (Å²) in [6, 6.07) is 14.3. The Morgan fingerprint density at radius 3 is 2.51 bits per heavy atom. The number of nitrogens with zero attached hydrogens (tertiary/aromatic N) is 1. The van der Waals surface area contributed by atoms with Gasteiger partial charge in [-0.05, 0) is 81.3 Å². The largest absolute Gasteiger partial charge is 0.493 e. The number of carbonyl (C=O) groups excluding carboxylic acids is 2. The second-order valence-electron chi connectivity index (χ2n) is 7.45. The van der Waals surface area contributed by atoms with E-state index in [1.54, 1.807) is 48.5 Å². The lowest BCUT2D eigenvalue weighted by atomic mass is 10.1. The van der Waals surface area contributed by atoms with Crippen molar-refractivity contribution in [3.63, 3.8) is 0 Å². The summed E-state index contributed by atoms with van der Waals surface area (Å²) in [5.74, 6) is 0.0875. The summed E-state index contributed by atoms with van der Waals surface area (Å²) in [6.07, 6.45) is 1.61. The SMILES string of the molecule is COc1cc(/C=C2/SC(=O)N(Cc3ccc(F)cc3)C2=O)cc(Br)c1OCc1ccc(Cl)cc1Cl. The Balaban J connectivity index is 1.53. The summed E-state index contributed by atoms with van der Waals surface area (Å²) in [5, 5.41) is 0.626. The molecule has 4 rings (SSSR count). The monoisotopic (exact) mass is 595 g/mol. The molecule has 0 atom stereocenters. The number of halogens is 4. The zero-order chi connectivity index (χ0) is 25.1. The lowest BCUT2D eigenvalue weighted by molar-refractivity contribution is -0.123. The molecule has 1 aliphatic heterocycles. The molecule has 35 heavy (non-hydrogen) atoms. The average Bonchev–Trinajstić information content (AvgIpc) is 3.07. The molecule has 3 aromatic rings. The number of amides is 2. The van der Waals surface area contributed by atoms with Gasteiger partial charge in [-0.2, -0.15) is 0 Å². The molecule has 0 aliphatic carbocycles. The molecule has 10 heteroatoms. The fraction of sp³-hybridized carbons (Fsp3) is 0.120. The molecule has 0 N–H and O–H groups in total. The van der Waals surface area contributed by atoms with E-state index < -0.39 is 11.1 Å². The Hall–Kier alpha value is -2.52. The number of benzene rings is 3. The van der Waals surface area contributed by atoms with Crippen LogP contribution in [0.1, 0.15) is 16.7 Å². The molecule has 0 saturated carbocycles. The topological polar surface area (TPSA) is 55.8 Å². The molecule has 180 valence electrons. The number of hydrogen-bond acceptors (Lipinski definition) is 5. The van der Waals surface area contributed by atoms with Crippen molar-refractivity contribution in [2.45, 2.75) is 13.2 Å². The van der Waals surface area contributed by atoms with Gasteiger partial charge in [0, 0.05) is 15.6 Å². The first-order valence-corrected chi connectivity index (χ1v) is 12.6. The minimum atomic E-state index is -0.419. The minimum absolute atomic E-state index is 0.0648. The van der Waals surface area contributed by atoms with Crippen LogP contribution in [-0.4, -0.2) is 23.2 Å². The highest BCUT2D eigenvalue weighted by Crippen LogP contribution is 2.40. The molecule has 1 fully saturated rings. The van der Waals surface area contributed by atoms with Gasteiger partial charge in [0.25, 0.3) is 11.1 Å². The van der Waals surface area contributed by atoms with Crippen molar-refractivity contribution in [3.8, 4) is 11.5 Å². The lowest BCUT2D eigenvalue weighted by Gasteiger charge is -2.14. The number of methoxy groups -OCH3 is 1. The highest BCUT2D eigenvalue weighted by molar-refractivity contribution is 9.10. The van der Waals surface area contributed by atoms with E-state index in [-0.39, 0.29) is 23.9 Å². The minimum Gasteiger partial charge on any atom is -0.493 e. The van der Waals surface area contributed by atoms with Crippen LogP contribution in [0.15, 0.2) is 64.0 Å². The first-order chi connectivity index (χ1) is 16.7. The molecule has 3 aromatic carbocycles. The fourth-order valence-corrected chi connectivity index (χ4v) is 5.19. The summed E-state index contributed by atoms with van der Waals surface area (Å²) in [6.45, 7) is 0.252. The molecule has 1 aliphatic rings. The summed E-state index contributed by atoms with van der Waals surface area (Å²) in [7, 11) is 1.50. The summed E-state index contributed by atoms with van der Waals surface area (Å²) in [5.41, 5.74) is 2.04. The quantitative estimate of drug-likeness (QED) is 0.261. The smallest absolute Gasteiger partial charge is 0.293 e. The molecular weight excluding hydrogens is 580 g/mol. The second-order valence-corrected chi connectivity index (χ2v) is 10.1. The lowest BCUT2D eigenvalue weighted by Crippen LogP contribution is -2.27. The molecule has 1 saturated heterocycles. The van der Waals surface area contributed by atoms with Crippen molar-refractivity contribution in [1.29, 1.82) is 0 Å². The van der Waals surface area contributed by atoms with Gasteiger partial charge in [-0.1, -0.05) is 41.4 Å². The number of ether oxygens (including phenoxy) is 2. The maximum atomic E-state index is 13.2. The van der Waals surface area contributed by atoms with E-state index >= 15 is 0 Å². The molecule has 1 heterocycles. The number of hydrogen-bond donors (Lipinski definition) is 0.